The molecule has 0 saturated heterocycles. The van der Waals surface area contributed by atoms with Gasteiger partial charge in [0.15, 0.2) is 0 Å². The van der Waals surface area contributed by atoms with Gasteiger partial charge in [-0.15, -0.1) is 0 Å². The molecule has 70 valence electrons. The van der Waals surface area contributed by atoms with Gasteiger partial charge in [0.05, 0.1) is 0 Å². The van der Waals surface area contributed by atoms with Gasteiger partial charge in [-0.25, -0.2) is 4.79 Å². The number of rotatable bonds is 2. The lowest BCUT2D eigenvalue weighted by molar-refractivity contribution is 0.167. The van der Waals surface area contributed by atoms with E-state index in [0.29, 0.717) is 0 Å². The van der Waals surface area contributed by atoms with Gasteiger partial charge >= 0.3 is 5.43 Å². The molecule has 1 rings (SSSR count). The van der Waals surface area contributed by atoms with Crippen LogP contribution >= 0.6 is 11.6 Å². The molecule has 0 radical (unpaired) electrons. The normalized spacial score (nSPS) is 9.77. The predicted octanol–water partition coefficient (Wildman–Crippen LogP) is 3.18. The van der Waals surface area contributed by atoms with Crippen molar-refractivity contribution in [1.82, 2.24) is 0 Å². The van der Waals surface area contributed by atoms with Crippen LogP contribution < -0.4 is 0 Å². The van der Waals surface area contributed by atoms with Crippen molar-refractivity contribution in [2.24, 2.45) is 0 Å². The number of hydrogen-bond donors (Lipinski definition) is 0. The van der Waals surface area contributed by atoms with Gasteiger partial charge in [-0.2, -0.15) is 0 Å². The largest absolute Gasteiger partial charge is 0.449 e. The summed E-state index contributed by atoms with van der Waals surface area (Å²) in [6.45, 7) is 4.24. The Kier molecular flexibility index (Phi) is 3.32. The van der Waals surface area contributed by atoms with Crippen LogP contribution in [0.25, 0.3) is 0 Å². The Bertz CT molecular complexity index is 321. The van der Waals surface area contributed by atoms with Gasteiger partial charge in [0.1, 0.15) is 6.61 Å². The monoisotopic (exact) mass is 198 g/mol. The van der Waals surface area contributed by atoms with Crippen LogP contribution in [0.15, 0.2) is 18.2 Å². The number of carbonyl (C=O) groups excluding carboxylic acids is 1. The third kappa shape index (κ3) is 3.07. The number of benzene rings is 1. The molecule has 0 saturated carbocycles. The molecule has 0 heterocycles. The van der Waals surface area contributed by atoms with Crippen LogP contribution in [0.2, 0.25) is 0 Å². The molecule has 0 aliphatic rings. The molecule has 0 N–H and O–H groups in total. The van der Waals surface area contributed by atoms with Crippen LogP contribution in [0.5, 0.6) is 0 Å². The lowest BCUT2D eigenvalue weighted by atomic mass is 10.1. The Morgan fingerprint density at radius 3 is 2.69 bits per heavy atom. The first kappa shape index (κ1) is 10.1. The summed E-state index contributed by atoms with van der Waals surface area (Å²) in [5.74, 6) is 0. The molecule has 0 fully saturated rings. The summed E-state index contributed by atoms with van der Waals surface area (Å²) >= 11 is 5.05. The average molecular weight is 199 g/mol. The minimum atomic E-state index is -0.764. The highest BCUT2D eigenvalue weighted by atomic mass is 35.5. The molecular weight excluding hydrogens is 188 g/mol. The SMILES string of the molecule is Cc1ccc(COC(=O)Cl)c(C)c1. The molecule has 13 heavy (non-hydrogen) atoms. The van der Waals surface area contributed by atoms with Crippen molar-refractivity contribution in [3.8, 4) is 0 Å². The fraction of sp³-hybridized carbons (Fsp3) is 0.300. The van der Waals surface area contributed by atoms with Crippen molar-refractivity contribution in [1.29, 1.82) is 0 Å². The summed E-state index contributed by atoms with van der Waals surface area (Å²) in [5, 5.41) is 0. The maximum atomic E-state index is 10.3. The van der Waals surface area contributed by atoms with Gasteiger partial charge in [-0.3, -0.25) is 0 Å². The lowest BCUT2D eigenvalue weighted by Gasteiger charge is -2.05. The standard InChI is InChI=1S/C10H11ClO2/c1-7-3-4-9(8(2)5-7)6-13-10(11)12/h3-5H,6H2,1-2H3. The highest BCUT2D eigenvalue weighted by Gasteiger charge is 2.01. The van der Waals surface area contributed by atoms with E-state index in [9.17, 15) is 4.79 Å². The summed E-state index contributed by atoms with van der Waals surface area (Å²) in [6, 6.07) is 5.95. The van der Waals surface area contributed by atoms with E-state index in [1.165, 1.54) is 5.56 Å². The Hall–Kier alpha value is -1.02. The smallest absolute Gasteiger partial charge is 0.404 e. The van der Waals surface area contributed by atoms with Crippen LogP contribution in [0.1, 0.15) is 16.7 Å². The van der Waals surface area contributed by atoms with Gasteiger partial charge in [-0.05, 0) is 25.0 Å². The summed E-state index contributed by atoms with van der Waals surface area (Å²) in [4.78, 5) is 10.3. The zero-order valence-corrected chi connectivity index (χ0v) is 8.39. The minimum Gasteiger partial charge on any atom is -0.449 e. The maximum absolute atomic E-state index is 10.3. The van der Waals surface area contributed by atoms with Crippen molar-refractivity contribution in [2.75, 3.05) is 0 Å². The highest BCUT2D eigenvalue weighted by Crippen LogP contribution is 2.11. The van der Waals surface area contributed by atoms with Gasteiger partial charge in [0.25, 0.3) is 0 Å². The molecule has 0 aliphatic heterocycles. The Labute approximate surface area is 82.5 Å². The number of halogens is 1. The van der Waals surface area contributed by atoms with Crippen LogP contribution in [0, 0.1) is 13.8 Å². The minimum absolute atomic E-state index is 0.244. The first-order valence-corrected chi connectivity index (χ1v) is 4.36. The van der Waals surface area contributed by atoms with E-state index in [1.807, 2.05) is 32.0 Å². The van der Waals surface area contributed by atoms with Gasteiger partial charge < -0.3 is 4.74 Å². The third-order valence-corrected chi connectivity index (χ3v) is 1.95. The summed E-state index contributed by atoms with van der Waals surface area (Å²) in [7, 11) is 0. The third-order valence-electron chi connectivity index (χ3n) is 1.84. The van der Waals surface area contributed by atoms with Crippen molar-refractivity contribution in [2.45, 2.75) is 20.5 Å². The molecular formula is C10H11ClO2. The van der Waals surface area contributed by atoms with Crippen molar-refractivity contribution in [3.05, 3.63) is 34.9 Å². The van der Waals surface area contributed by atoms with E-state index in [4.69, 9.17) is 11.6 Å². The maximum Gasteiger partial charge on any atom is 0.404 e. The number of carbonyl (C=O) groups is 1. The number of hydrogen-bond acceptors (Lipinski definition) is 2. The zero-order valence-electron chi connectivity index (χ0n) is 7.63. The fourth-order valence-corrected chi connectivity index (χ4v) is 1.20. The second kappa shape index (κ2) is 4.28. The Morgan fingerprint density at radius 2 is 2.15 bits per heavy atom. The van der Waals surface area contributed by atoms with Gasteiger partial charge in [-0.1, -0.05) is 23.8 Å². The number of ether oxygens (including phenoxy) is 1. The molecule has 0 amide bonds. The van der Waals surface area contributed by atoms with Crippen LogP contribution in [0.3, 0.4) is 0 Å². The molecule has 3 heteroatoms. The van der Waals surface area contributed by atoms with Crippen LogP contribution in [-0.2, 0) is 11.3 Å². The molecule has 0 spiro atoms. The average Bonchev–Trinajstić information content (AvgIpc) is 2.02. The van der Waals surface area contributed by atoms with E-state index in [-0.39, 0.29) is 6.61 Å². The van der Waals surface area contributed by atoms with Crippen molar-refractivity contribution >= 4 is 17.0 Å². The first-order chi connectivity index (χ1) is 6.09. The molecule has 0 bridgehead atoms. The fourth-order valence-electron chi connectivity index (χ4n) is 1.14. The summed E-state index contributed by atoms with van der Waals surface area (Å²) < 4.78 is 4.68. The molecule has 1 aromatic carbocycles. The van der Waals surface area contributed by atoms with Crippen molar-refractivity contribution < 1.29 is 9.53 Å². The van der Waals surface area contributed by atoms with E-state index >= 15 is 0 Å². The van der Waals surface area contributed by atoms with Gasteiger partial charge in [0.2, 0.25) is 0 Å². The second-order valence-electron chi connectivity index (χ2n) is 2.96. The van der Waals surface area contributed by atoms with Crippen LogP contribution in [-0.4, -0.2) is 5.43 Å². The molecule has 0 unspecified atom stereocenters. The van der Waals surface area contributed by atoms with E-state index < -0.39 is 5.43 Å². The zero-order chi connectivity index (χ0) is 9.84. The Balaban J connectivity index is 2.72. The second-order valence-corrected chi connectivity index (χ2v) is 3.26. The number of aryl methyl sites for hydroxylation is 2. The lowest BCUT2D eigenvalue weighted by Crippen LogP contribution is -1.97. The predicted molar refractivity (Wildman–Crippen MR) is 52.0 cm³/mol. The quantitative estimate of drug-likeness (QED) is 0.683. The van der Waals surface area contributed by atoms with Gasteiger partial charge in [0, 0.05) is 11.6 Å². The highest BCUT2D eigenvalue weighted by molar-refractivity contribution is 6.61. The molecule has 1 aromatic rings. The summed E-state index contributed by atoms with van der Waals surface area (Å²) in [5.41, 5.74) is 2.52. The summed E-state index contributed by atoms with van der Waals surface area (Å²) in [6.07, 6.45) is 0. The van der Waals surface area contributed by atoms with E-state index in [0.717, 1.165) is 11.1 Å². The topological polar surface area (TPSA) is 26.3 Å². The molecule has 2 nitrogen and oxygen atoms in total. The first-order valence-electron chi connectivity index (χ1n) is 3.98. The van der Waals surface area contributed by atoms with E-state index in [2.05, 4.69) is 4.74 Å². The Morgan fingerprint density at radius 1 is 1.46 bits per heavy atom. The van der Waals surface area contributed by atoms with E-state index in [1.54, 1.807) is 0 Å². The van der Waals surface area contributed by atoms with Crippen LogP contribution in [0.4, 0.5) is 4.79 Å². The molecule has 0 aromatic heterocycles. The molecule has 0 aliphatic carbocycles. The van der Waals surface area contributed by atoms with Crippen molar-refractivity contribution in [3.63, 3.8) is 0 Å². The molecule has 0 atom stereocenters.